The van der Waals surface area contributed by atoms with Gasteiger partial charge in [-0.25, -0.2) is 0 Å². The van der Waals surface area contributed by atoms with E-state index in [-0.39, 0.29) is 0 Å². The molecule has 3 nitrogen and oxygen atoms in total. The SMILES string of the molecule is c1ccc(Cc2cc(N(c3ccc(-c4ccccc4)cc3)c3cccc4c3c3ccccc3n4-c3ccccc3)cc3oc4ccc5ccccc5c4c23)cc1. The van der Waals surface area contributed by atoms with Gasteiger partial charge in [0.25, 0.3) is 0 Å². The molecule has 9 aromatic carbocycles. The molecular weight excluding hydrogens is 681 g/mol. The lowest BCUT2D eigenvalue weighted by Crippen LogP contribution is -2.11. The van der Waals surface area contributed by atoms with Crippen LogP contribution in [-0.4, -0.2) is 4.57 Å². The second-order valence-electron chi connectivity index (χ2n) is 14.5. The molecule has 0 N–H and O–H groups in total. The van der Waals surface area contributed by atoms with Gasteiger partial charge in [-0.2, -0.15) is 0 Å². The van der Waals surface area contributed by atoms with Crippen LogP contribution in [0.15, 0.2) is 211 Å². The summed E-state index contributed by atoms with van der Waals surface area (Å²) >= 11 is 0. The van der Waals surface area contributed by atoms with E-state index >= 15 is 0 Å². The highest BCUT2D eigenvalue weighted by molar-refractivity contribution is 6.21. The second-order valence-corrected chi connectivity index (χ2v) is 14.5. The van der Waals surface area contributed by atoms with Gasteiger partial charge in [-0.3, -0.25) is 0 Å². The van der Waals surface area contributed by atoms with Crippen molar-refractivity contribution in [3.8, 4) is 16.8 Å². The summed E-state index contributed by atoms with van der Waals surface area (Å²) in [6.07, 6.45) is 0.765. The summed E-state index contributed by atoms with van der Waals surface area (Å²) in [5, 5.41) is 7.15. The van der Waals surface area contributed by atoms with Crippen LogP contribution >= 0.6 is 0 Å². The van der Waals surface area contributed by atoms with Crippen molar-refractivity contribution in [3.05, 3.63) is 217 Å². The number of rotatable bonds is 7. The molecule has 0 spiro atoms. The van der Waals surface area contributed by atoms with Gasteiger partial charge in [-0.1, -0.05) is 146 Å². The lowest BCUT2D eigenvalue weighted by atomic mass is 9.96. The summed E-state index contributed by atoms with van der Waals surface area (Å²) in [6.45, 7) is 0. The van der Waals surface area contributed by atoms with Crippen molar-refractivity contribution >= 4 is 71.6 Å². The average Bonchev–Trinajstić information content (AvgIpc) is 3.82. The highest BCUT2D eigenvalue weighted by Gasteiger charge is 2.24. The van der Waals surface area contributed by atoms with E-state index in [0.29, 0.717) is 0 Å². The van der Waals surface area contributed by atoms with Crippen molar-refractivity contribution in [2.75, 3.05) is 4.90 Å². The Bertz CT molecular complexity index is 3200. The summed E-state index contributed by atoms with van der Waals surface area (Å²) in [5.74, 6) is 0. The fraction of sp³-hybridized carbons (Fsp3) is 0.0189. The average molecular weight is 717 g/mol. The van der Waals surface area contributed by atoms with Gasteiger partial charge >= 0.3 is 0 Å². The van der Waals surface area contributed by atoms with Crippen LogP contribution in [0.5, 0.6) is 0 Å². The number of para-hydroxylation sites is 2. The topological polar surface area (TPSA) is 21.3 Å². The van der Waals surface area contributed by atoms with E-state index in [9.17, 15) is 0 Å². The molecule has 11 rings (SSSR count). The van der Waals surface area contributed by atoms with Gasteiger partial charge in [0.05, 0.1) is 22.4 Å². The second kappa shape index (κ2) is 13.2. The molecule has 0 aliphatic rings. The molecule has 11 aromatic rings. The van der Waals surface area contributed by atoms with Crippen LogP contribution in [0, 0.1) is 0 Å². The number of hydrogen-bond donors (Lipinski definition) is 0. The zero-order valence-corrected chi connectivity index (χ0v) is 30.6. The van der Waals surface area contributed by atoms with E-state index in [2.05, 4.69) is 216 Å². The fourth-order valence-electron chi connectivity index (χ4n) is 8.72. The van der Waals surface area contributed by atoms with Crippen LogP contribution in [-0.2, 0) is 6.42 Å². The van der Waals surface area contributed by atoms with Crippen LogP contribution in [0.25, 0.3) is 71.3 Å². The zero-order chi connectivity index (χ0) is 37.0. The molecule has 2 heterocycles. The quantitative estimate of drug-likeness (QED) is 0.164. The number of furan rings is 1. The Labute approximate surface area is 324 Å². The number of aromatic nitrogens is 1. The first-order valence-corrected chi connectivity index (χ1v) is 19.2. The minimum atomic E-state index is 0.765. The zero-order valence-electron chi connectivity index (χ0n) is 30.6. The fourth-order valence-corrected chi connectivity index (χ4v) is 8.72. The van der Waals surface area contributed by atoms with Gasteiger partial charge in [0.15, 0.2) is 0 Å². The van der Waals surface area contributed by atoms with Crippen molar-refractivity contribution < 1.29 is 4.42 Å². The molecule has 0 aliphatic carbocycles. The van der Waals surface area contributed by atoms with Crippen molar-refractivity contribution in [1.82, 2.24) is 4.57 Å². The van der Waals surface area contributed by atoms with Gasteiger partial charge in [-0.15, -0.1) is 0 Å². The molecule has 0 amide bonds. The lowest BCUT2D eigenvalue weighted by Gasteiger charge is -2.27. The van der Waals surface area contributed by atoms with Gasteiger partial charge in [-0.05, 0) is 94.0 Å². The first kappa shape index (κ1) is 32.1. The molecule has 0 radical (unpaired) electrons. The van der Waals surface area contributed by atoms with E-state index in [0.717, 1.165) is 45.9 Å². The highest BCUT2D eigenvalue weighted by atomic mass is 16.3. The third-order valence-corrected chi connectivity index (χ3v) is 11.2. The molecule has 3 heteroatoms. The van der Waals surface area contributed by atoms with Crippen LogP contribution in [0.4, 0.5) is 17.1 Å². The normalized spacial score (nSPS) is 11.6. The van der Waals surface area contributed by atoms with E-state index in [1.54, 1.807) is 0 Å². The third kappa shape index (κ3) is 5.28. The molecule has 56 heavy (non-hydrogen) atoms. The van der Waals surface area contributed by atoms with Crippen LogP contribution in [0.3, 0.4) is 0 Å². The van der Waals surface area contributed by atoms with Gasteiger partial charge < -0.3 is 13.9 Å². The Morgan fingerprint density at radius 2 is 1.09 bits per heavy atom. The summed E-state index contributed by atoms with van der Waals surface area (Å²) in [5.41, 5.74) is 13.3. The highest BCUT2D eigenvalue weighted by Crippen LogP contribution is 2.47. The summed E-state index contributed by atoms with van der Waals surface area (Å²) < 4.78 is 9.26. The minimum absolute atomic E-state index is 0.765. The number of hydrogen-bond acceptors (Lipinski definition) is 2. The summed E-state index contributed by atoms with van der Waals surface area (Å²) in [6, 6.07) is 74.1. The first-order chi connectivity index (χ1) is 27.8. The standard InChI is InChI=1S/C53H36N2O/c1-4-15-36(16-5-1)33-40-34-43(35-50-51(40)53-44-22-11-10-19-39(44)29-32-49(53)56-50)54(42-30-27-38(28-31-42)37-17-6-2-7-18-37)47-25-14-26-48-52(47)45-23-12-13-24-46(45)55(48)41-20-8-3-9-21-41/h1-32,34-35H,33H2. The molecular formula is C53H36N2O. The molecule has 0 saturated carbocycles. The van der Waals surface area contributed by atoms with E-state index in [1.165, 1.54) is 60.1 Å². The van der Waals surface area contributed by atoms with E-state index < -0.39 is 0 Å². The third-order valence-electron chi connectivity index (χ3n) is 11.2. The molecule has 0 aliphatic heterocycles. The van der Waals surface area contributed by atoms with Crippen molar-refractivity contribution in [2.24, 2.45) is 0 Å². The maximum absolute atomic E-state index is 6.87. The number of benzene rings is 9. The van der Waals surface area contributed by atoms with Gasteiger partial charge in [0.2, 0.25) is 0 Å². The maximum Gasteiger partial charge on any atom is 0.137 e. The Kier molecular flexibility index (Phi) is 7.56. The Morgan fingerprint density at radius 3 is 1.89 bits per heavy atom. The monoisotopic (exact) mass is 716 g/mol. The predicted molar refractivity (Wildman–Crippen MR) is 235 cm³/mol. The predicted octanol–water partition coefficient (Wildman–Crippen LogP) is 14.6. The molecule has 0 saturated heterocycles. The molecule has 0 atom stereocenters. The van der Waals surface area contributed by atoms with Crippen LogP contribution < -0.4 is 4.90 Å². The smallest absolute Gasteiger partial charge is 0.137 e. The Morgan fingerprint density at radius 1 is 0.429 bits per heavy atom. The van der Waals surface area contributed by atoms with Crippen LogP contribution in [0.2, 0.25) is 0 Å². The Balaban J connectivity index is 1.21. The molecule has 2 aromatic heterocycles. The van der Waals surface area contributed by atoms with Crippen molar-refractivity contribution in [2.45, 2.75) is 6.42 Å². The summed E-state index contributed by atoms with van der Waals surface area (Å²) in [4.78, 5) is 2.43. The Hall–Kier alpha value is -7.36. The largest absolute Gasteiger partial charge is 0.456 e. The van der Waals surface area contributed by atoms with Gasteiger partial charge in [0, 0.05) is 39.0 Å². The number of nitrogens with zero attached hydrogens (tertiary/aromatic N) is 2. The van der Waals surface area contributed by atoms with E-state index in [1.807, 2.05) is 0 Å². The molecule has 0 unspecified atom stereocenters. The number of fused-ring (bicyclic) bond motifs is 8. The van der Waals surface area contributed by atoms with Crippen LogP contribution in [0.1, 0.15) is 11.1 Å². The van der Waals surface area contributed by atoms with E-state index in [4.69, 9.17) is 4.42 Å². The minimum Gasteiger partial charge on any atom is -0.456 e. The van der Waals surface area contributed by atoms with Crippen molar-refractivity contribution in [1.29, 1.82) is 0 Å². The van der Waals surface area contributed by atoms with Gasteiger partial charge in [0.1, 0.15) is 11.2 Å². The van der Waals surface area contributed by atoms with Crippen molar-refractivity contribution in [3.63, 3.8) is 0 Å². The molecule has 264 valence electrons. The first-order valence-electron chi connectivity index (χ1n) is 19.2. The molecule has 0 bridgehead atoms. The number of anilines is 3. The molecule has 0 fully saturated rings. The maximum atomic E-state index is 6.87. The lowest BCUT2D eigenvalue weighted by molar-refractivity contribution is 0.669. The summed E-state index contributed by atoms with van der Waals surface area (Å²) in [7, 11) is 0.